The standard InChI is InChI=1S/C13H16N4O3/c14-10-11-1-2-13(17(18)19)12(9-11)15-3-4-16-5-7-20-8-6-16/h1-2,9,15H,3-8H2. The van der Waals surface area contributed by atoms with Crippen molar-refractivity contribution in [3.05, 3.63) is 33.9 Å². The van der Waals surface area contributed by atoms with Gasteiger partial charge in [0, 0.05) is 32.2 Å². The Morgan fingerprint density at radius 3 is 2.85 bits per heavy atom. The average molecular weight is 276 g/mol. The second kappa shape index (κ2) is 6.84. The zero-order valence-corrected chi connectivity index (χ0v) is 11.0. The summed E-state index contributed by atoms with van der Waals surface area (Å²) >= 11 is 0. The van der Waals surface area contributed by atoms with Crippen molar-refractivity contribution in [3.63, 3.8) is 0 Å². The molecule has 0 aromatic heterocycles. The van der Waals surface area contributed by atoms with Gasteiger partial charge in [-0.25, -0.2) is 0 Å². The van der Waals surface area contributed by atoms with Crippen LogP contribution < -0.4 is 5.32 Å². The van der Waals surface area contributed by atoms with Crippen LogP contribution in [-0.4, -0.2) is 49.2 Å². The fraction of sp³-hybridized carbons (Fsp3) is 0.462. The third-order valence-corrected chi connectivity index (χ3v) is 3.17. The molecule has 0 atom stereocenters. The first-order valence-corrected chi connectivity index (χ1v) is 6.43. The molecule has 0 saturated carbocycles. The maximum absolute atomic E-state index is 10.9. The molecule has 1 aliphatic rings. The van der Waals surface area contributed by atoms with Gasteiger partial charge < -0.3 is 10.1 Å². The van der Waals surface area contributed by atoms with Crippen molar-refractivity contribution in [2.24, 2.45) is 0 Å². The summed E-state index contributed by atoms with van der Waals surface area (Å²) in [6.45, 7) is 4.59. The van der Waals surface area contributed by atoms with Crippen LogP contribution in [0.15, 0.2) is 18.2 Å². The van der Waals surface area contributed by atoms with E-state index in [0.29, 0.717) is 17.8 Å². The van der Waals surface area contributed by atoms with E-state index in [1.54, 1.807) is 0 Å². The van der Waals surface area contributed by atoms with Crippen LogP contribution in [0.25, 0.3) is 0 Å². The van der Waals surface area contributed by atoms with Gasteiger partial charge in [-0.15, -0.1) is 0 Å². The molecule has 1 heterocycles. The molecule has 2 rings (SSSR count). The summed E-state index contributed by atoms with van der Waals surface area (Å²) in [5.41, 5.74) is 0.790. The molecule has 20 heavy (non-hydrogen) atoms. The van der Waals surface area contributed by atoms with E-state index in [9.17, 15) is 10.1 Å². The molecule has 0 amide bonds. The van der Waals surface area contributed by atoms with E-state index >= 15 is 0 Å². The summed E-state index contributed by atoms with van der Waals surface area (Å²) in [6.07, 6.45) is 0. The van der Waals surface area contributed by atoms with Crippen LogP contribution in [0, 0.1) is 21.4 Å². The van der Waals surface area contributed by atoms with Crippen LogP contribution in [0.5, 0.6) is 0 Å². The Morgan fingerprint density at radius 2 is 2.20 bits per heavy atom. The van der Waals surface area contributed by atoms with Gasteiger partial charge in [0.05, 0.1) is 29.8 Å². The number of morpholine rings is 1. The lowest BCUT2D eigenvalue weighted by Crippen LogP contribution is -2.39. The molecule has 0 spiro atoms. The molecule has 0 bridgehead atoms. The molecule has 1 fully saturated rings. The number of ether oxygens (including phenoxy) is 1. The number of nitrogens with one attached hydrogen (secondary N) is 1. The van der Waals surface area contributed by atoms with Crippen molar-refractivity contribution in [2.75, 3.05) is 44.7 Å². The lowest BCUT2D eigenvalue weighted by atomic mass is 10.2. The molecular weight excluding hydrogens is 260 g/mol. The van der Waals surface area contributed by atoms with Crippen molar-refractivity contribution in [1.29, 1.82) is 5.26 Å². The number of nitriles is 1. The minimum absolute atomic E-state index is 0.00835. The van der Waals surface area contributed by atoms with Gasteiger partial charge in [-0.3, -0.25) is 15.0 Å². The Bertz CT molecular complexity index is 521. The molecule has 0 unspecified atom stereocenters. The number of rotatable bonds is 5. The Kier molecular flexibility index (Phi) is 4.87. The van der Waals surface area contributed by atoms with Gasteiger partial charge in [0.1, 0.15) is 5.69 Å². The predicted molar refractivity (Wildman–Crippen MR) is 73.6 cm³/mol. The number of nitro benzene ring substituents is 1. The summed E-state index contributed by atoms with van der Waals surface area (Å²) in [5.74, 6) is 0. The van der Waals surface area contributed by atoms with Gasteiger partial charge in [-0.1, -0.05) is 0 Å². The smallest absolute Gasteiger partial charge is 0.292 e. The van der Waals surface area contributed by atoms with E-state index in [-0.39, 0.29) is 5.69 Å². The third-order valence-electron chi connectivity index (χ3n) is 3.17. The second-order valence-electron chi connectivity index (χ2n) is 4.48. The predicted octanol–water partition coefficient (Wildman–Crippen LogP) is 1.21. The van der Waals surface area contributed by atoms with E-state index in [1.165, 1.54) is 18.2 Å². The van der Waals surface area contributed by atoms with Gasteiger partial charge >= 0.3 is 0 Å². The fourth-order valence-corrected chi connectivity index (χ4v) is 2.08. The largest absolute Gasteiger partial charge is 0.379 e. The van der Waals surface area contributed by atoms with Crippen molar-refractivity contribution in [3.8, 4) is 6.07 Å². The van der Waals surface area contributed by atoms with Crippen molar-refractivity contribution in [1.82, 2.24) is 4.90 Å². The lowest BCUT2D eigenvalue weighted by molar-refractivity contribution is -0.384. The SMILES string of the molecule is N#Cc1ccc([N+](=O)[O-])c(NCCN2CCOCC2)c1. The van der Waals surface area contributed by atoms with E-state index in [2.05, 4.69) is 10.2 Å². The van der Waals surface area contributed by atoms with Gasteiger partial charge in [0.25, 0.3) is 5.69 Å². The molecule has 1 saturated heterocycles. The molecule has 7 nitrogen and oxygen atoms in total. The second-order valence-corrected chi connectivity index (χ2v) is 4.48. The number of nitrogens with zero attached hydrogens (tertiary/aromatic N) is 3. The van der Waals surface area contributed by atoms with E-state index in [4.69, 9.17) is 10.00 Å². The number of benzene rings is 1. The molecule has 1 aliphatic heterocycles. The van der Waals surface area contributed by atoms with E-state index < -0.39 is 4.92 Å². The molecule has 0 radical (unpaired) electrons. The quantitative estimate of drug-likeness (QED) is 0.642. The van der Waals surface area contributed by atoms with Crippen LogP contribution in [0.4, 0.5) is 11.4 Å². The topological polar surface area (TPSA) is 91.4 Å². The van der Waals surface area contributed by atoms with Crippen LogP contribution in [0.3, 0.4) is 0 Å². The summed E-state index contributed by atoms with van der Waals surface area (Å²) < 4.78 is 5.26. The monoisotopic (exact) mass is 276 g/mol. The Hall–Kier alpha value is -2.17. The molecule has 1 aromatic carbocycles. The minimum atomic E-state index is -0.446. The summed E-state index contributed by atoms with van der Waals surface area (Å²) in [6, 6.07) is 6.30. The van der Waals surface area contributed by atoms with E-state index in [1.807, 2.05) is 6.07 Å². The van der Waals surface area contributed by atoms with Gasteiger partial charge in [-0.2, -0.15) is 5.26 Å². The van der Waals surface area contributed by atoms with Crippen molar-refractivity contribution in [2.45, 2.75) is 0 Å². The highest BCUT2D eigenvalue weighted by atomic mass is 16.6. The first-order valence-electron chi connectivity index (χ1n) is 6.43. The van der Waals surface area contributed by atoms with Gasteiger partial charge in [-0.05, 0) is 12.1 Å². The highest BCUT2D eigenvalue weighted by Gasteiger charge is 2.15. The highest BCUT2D eigenvalue weighted by Crippen LogP contribution is 2.24. The maximum atomic E-state index is 10.9. The number of nitro groups is 1. The zero-order valence-electron chi connectivity index (χ0n) is 11.0. The van der Waals surface area contributed by atoms with Crippen LogP contribution in [-0.2, 0) is 4.74 Å². The summed E-state index contributed by atoms with van der Waals surface area (Å²) in [7, 11) is 0. The molecule has 7 heteroatoms. The first-order chi connectivity index (χ1) is 9.70. The van der Waals surface area contributed by atoms with E-state index in [0.717, 1.165) is 32.8 Å². The number of anilines is 1. The molecule has 1 N–H and O–H groups in total. The van der Waals surface area contributed by atoms with Crippen LogP contribution in [0.2, 0.25) is 0 Å². The van der Waals surface area contributed by atoms with Crippen molar-refractivity contribution < 1.29 is 9.66 Å². The van der Waals surface area contributed by atoms with Crippen LogP contribution in [0.1, 0.15) is 5.56 Å². The normalized spacial score (nSPS) is 15.6. The fourth-order valence-electron chi connectivity index (χ4n) is 2.08. The average Bonchev–Trinajstić information content (AvgIpc) is 2.48. The molecule has 0 aliphatic carbocycles. The number of hydrogen-bond donors (Lipinski definition) is 1. The van der Waals surface area contributed by atoms with Crippen molar-refractivity contribution >= 4 is 11.4 Å². The van der Waals surface area contributed by atoms with Crippen LogP contribution >= 0.6 is 0 Å². The zero-order chi connectivity index (χ0) is 14.4. The number of hydrogen-bond acceptors (Lipinski definition) is 6. The maximum Gasteiger partial charge on any atom is 0.292 e. The third kappa shape index (κ3) is 3.66. The van der Waals surface area contributed by atoms with Gasteiger partial charge in [0.15, 0.2) is 0 Å². The highest BCUT2D eigenvalue weighted by molar-refractivity contribution is 5.64. The lowest BCUT2D eigenvalue weighted by Gasteiger charge is -2.26. The Balaban J connectivity index is 1.96. The molecule has 106 valence electrons. The first kappa shape index (κ1) is 14.2. The molecule has 1 aromatic rings. The Morgan fingerprint density at radius 1 is 1.45 bits per heavy atom. The summed E-state index contributed by atoms with van der Waals surface area (Å²) in [5, 5.41) is 22.8. The minimum Gasteiger partial charge on any atom is -0.379 e. The van der Waals surface area contributed by atoms with Gasteiger partial charge in [0.2, 0.25) is 0 Å². The Labute approximate surface area is 116 Å². The summed E-state index contributed by atoms with van der Waals surface area (Å²) in [4.78, 5) is 12.7. The molecular formula is C13H16N4O3.